The van der Waals surface area contributed by atoms with E-state index in [4.69, 9.17) is 23.2 Å². The van der Waals surface area contributed by atoms with Crippen LogP contribution in [-0.4, -0.2) is 5.78 Å². The quantitative estimate of drug-likeness (QED) is 0.407. The Morgan fingerprint density at radius 2 is 1.62 bits per heavy atom. The summed E-state index contributed by atoms with van der Waals surface area (Å²) in [6.07, 6.45) is 1.34. The molecule has 104 valence electrons. The van der Waals surface area contributed by atoms with Gasteiger partial charge in [0.1, 0.15) is 0 Å². The van der Waals surface area contributed by atoms with Crippen molar-refractivity contribution in [3.63, 3.8) is 0 Å². The van der Waals surface area contributed by atoms with Crippen LogP contribution in [0.2, 0.25) is 10.0 Å². The molecule has 3 aromatic rings. The van der Waals surface area contributed by atoms with Crippen molar-refractivity contribution >= 4 is 39.9 Å². The molecule has 5 heteroatoms. The van der Waals surface area contributed by atoms with E-state index < -0.39 is 0 Å². The van der Waals surface area contributed by atoms with Crippen LogP contribution in [0.15, 0.2) is 54.7 Å². The van der Waals surface area contributed by atoms with E-state index in [9.17, 15) is 10.0 Å². The summed E-state index contributed by atoms with van der Waals surface area (Å²) in [5, 5.41) is 13.2. The van der Waals surface area contributed by atoms with Gasteiger partial charge in [0.15, 0.2) is 12.0 Å². The van der Waals surface area contributed by atoms with Gasteiger partial charge >= 0.3 is 0 Å². The molecule has 3 nitrogen and oxygen atoms in total. The van der Waals surface area contributed by atoms with Gasteiger partial charge < -0.3 is 5.21 Å². The first-order valence-electron chi connectivity index (χ1n) is 6.18. The average Bonchev–Trinajstić information content (AvgIpc) is 2.51. The summed E-state index contributed by atoms with van der Waals surface area (Å²) < 4.78 is 0.720. The van der Waals surface area contributed by atoms with Crippen molar-refractivity contribution in [3.8, 4) is 0 Å². The third-order valence-electron chi connectivity index (χ3n) is 3.22. The van der Waals surface area contributed by atoms with Crippen LogP contribution in [0.25, 0.3) is 10.9 Å². The van der Waals surface area contributed by atoms with Gasteiger partial charge in [-0.3, -0.25) is 4.79 Å². The second-order valence-electron chi connectivity index (χ2n) is 4.56. The summed E-state index contributed by atoms with van der Waals surface area (Å²) in [6, 6.07) is 13.0. The monoisotopic (exact) mass is 317 g/mol. The van der Waals surface area contributed by atoms with Crippen molar-refractivity contribution in [1.82, 2.24) is 0 Å². The maximum absolute atomic E-state index is 12.4. The second-order valence-corrected chi connectivity index (χ2v) is 5.40. The summed E-state index contributed by atoms with van der Waals surface area (Å²) in [5.74, 6) is -0.147. The van der Waals surface area contributed by atoms with Crippen molar-refractivity contribution in [1.29, 1.82) is 0 Å². The number of carbonyl (C=O) groups is 1. The lowest BCUT2D eigenvalue weighted by molar-refractivity contribution is -0.577. The molecule has 0 bridgehead atoms. The van der Waals surface area contributed by atoms with Crippen LogP contribution >= 0.6 is 23.2 Å². The minimum atomic E-state index is -0.147. The first kappa shape index (κ1) is 13.9. The van der Waals surface area contributed by atoms with Gasteiger partial charge in [-0.25, -0.2) is 0 Å². The molecule has 0 aliphatic heterocycles. The smallest absolute Gasteiger partial charge is 0.225 e. The van der Waals surface area contributed by atoms with Gasteiger partial charge in [-0.05, 0) is 36.4 Å². The Kier molecular flexibility index (Phi) is 3.53. The fourth-order valence-corrected chi connectivity index (χ4v) is 2.47. The third kappa shape index (κ3) is 2.58. The molecule has 0 N–H and O–H groups in total. The average molecular weight is 318 g/mol. The molecule has 1 heterocycles. The van der Waals surface area contributed by atoms with E-state index in [1.807, 2.05) is 0 Å². The van der Waals surface area contributed by atoms with E-state index in [0.717, 1.165) is 4.73 Å². The Morgan fingerprint density at radius 3 is 2.33 bits per heavy atom. The largest absolute Gasteiger partial charge is 0.618 e. The minimum Gasteiger partial charge on any atom is -0.618 e. The molecule has 0 amide bonds. The molecule has 21 heavy (non-hydrogen) atoms. The number of hydrogen-bond acceptors (Lipinski definition) is 2. The van der Waals surface area contributed by atoms with E-state index in [-0.39, 0.29) is 5.78 Å². The lowest BCUT2D eigenvalue weighted by Gasteiger charge is -2.06. The van der Waals surface area contributed by atoms with Crippen molar-refractivity contribution in [2.75, 3.05) is 0 Å². The first-order chi connectivity index (χ1) is 10.1. The van der Waals surface area contributed by atoms with E-state index in [0.29, 0.717) is 32.1 Å². The maximum atomic E-state index is 12.4. The zero-order chi connectivity index (χ0) is 15.0. The highest BCUT2D eigenvalue weighted by molar-refractivity contribution is 6.35. The number of rotatable bonds is 2. The topological polar surface area (TPSA) is 44.0 Å². The standard InChI is InChI=1S/C16H9Cl2NO2/c17-12-4-1-10(2-5-12)16(20)11-3-6-15-13(9-11)14(18)7-8-19(15)21/h1-9H. The minimum absolute atomic E-state index is 0.147. The van der Waals surface area contributed by atoms with Crippen LogP contribution in [0, 0.1) is 5.21 Å². The molecule has 0 spiro atoms. The fraction of sp³-hybridized carbons (Fsp3) is 0. The van der Waals surface area contributed by atoms with E-state index in [2.05, 4.69) is 0 Å². The summed E-state index contributed by atoms with van der Waals surface area (Å²) in [5.41, 5.74) is 1.42. The van der Waals surface area contributed by atoms with Gasteiger partial charge in [-0.15, -0.1) is 0 Å². The molecule has 0 atom stereocenters. The normalized spacial score (nSPS) is 10.8. The van der Waals surface area contributed by atoms with E-state index >= 15 is 0 Å². The van der Waals surface area contributed by atoms with Crippen molar-refractivity contribution in [3.05, 3.63) is 81.1 Å². The Labute approximate surface area is 130 Å². The van der Waals surface area contributed by atoms with Gasteiger partial charge in [-0.2, -0.15) is 4.73 Å². The lowest BCUT2D eigenvalue weighted by Crippen LogP contribution is -2.26. The van der Waals surface area contributed by atoms with Crippen molar-refractivity contribution in [2.45, 2.75) is 0 Å². The molecule has 0 aliphatic carbocycles. The number of nitrogens with zero attached hydrogens (tertiary/aromatic N) is 1. The highest BCUT2D eigenvalue weighted by Gasteiger charge is 2.14. The van der Waals surface area contributed by atoms with Crippen LogP contribution < -0.4 is 4.73 Å². The predicted molar refractivity (Wildman–Crippen MR) is 82.8 cm³/mol. The molecule has 3 rings (SSSR count). The lowest BCUT2D eigenvalue weighted by atomic mass is 10.0. The SMILES string of the molecule is O=C(c1ccc(Cl)cc1)c1ccc2c(c1)c(Cl)cc[n+]2[O-]. The number of fused-ring (bicyclic) bond motifs is 1. The molecule has 0 fully saturated rings. The number of halogens is 2. The zero-order valence-corrected chi connectivity index (χ0v) is 12.2. The van der Waals surface area contributed by atoms with Gasteiger partial charge in [0.05, 0.1) is 10.4 Å². The highest BCUT2D eigenvalue weighted by atomic mass is 35.5. The fourth-order valence-electron chi connectivity index (χ4n) is 2.13. The summed E-state index contributed by atoms with van der Waals surface area (Å²) in [7, 11) is 0. The van der Waals surface area contributed by atoms with Crippen LogP contribution in [0.3, 0.4) is 0 Å². The van der Waals surface area contributed by atoms with E-state index in [1.54, 1.807) is 42.5 Å². The summed E-state index contributed by atoms with van der Waals surface area (Å²) >= 11 is 11.9. The predicted octanol–water partition coefficient (Wildman–Crippen LogP) is 4.01. The van der Waals surface area contributed by atoms with Crippen LogP contribution in [0.1, 0.15) is 15.9 Å². The van der Waals surface area contributed by atoms with E-state index in [1.165, 1.54) is 12.3 Å². The molecule has 0 radical (unpaired) electrons. The summed E-state index contributed by atoms with van der Waals surface area (Å²) in [6.45, 7) is 0. The highest BCUT2D eigenvalue weighted by Crippen LogP contribution is 2.23. The van der Waals surface area contributed by atoms with Crippen LogP contribution in [0.5, 0.6) is 0 Å². The Bertz CT molecular complexity index is 845. The van der Waals surface area contributed by atoms with Gasteiger partial charge in [0.25, 0.3) is 0 Å². The van der Waals surface area contributed by atoms with Crippen molar-refractivity contribution in [2.24, 2.45) is 0 Å². The molecule has 0 saturated heterocycles. The molecule has 0 saturated carbocycles. The number of ketones is 1. The Morgan fingerprint density at radius 1 is 0.952 bits per heavy atom. The first-order valence-corrected chi connectivity index (χ1v) is 6.93. The molecule has 0 unspecified atom stereocenters. The molecular weight excluding hydrogens is 309 g/mol. The van der Waals surface area contributed by atoms with Gasteiger partial charge in [0.2, 0.25) is 5.52 Å². The number of benzene rings is 2. The van der Waals surface area contributed by atoms with Gasteiger partial charge in [-0.1, -0.05) is 23.2 Å². The van der Waals surface area contributed by atoms with Gasteiger partial charge in [0, 0.05) is 28.3 Å². The number of hydrogen-bond donors (Lipinski definition) is 0. The third-order valence-corrected chi connectivity index (χ3v) is 3.80. The molecule has 2 aromatic carbocycles. The molecule has 1 aromatic heterocycles. The number of aromatic nitrogens is 1. The molecule has 0 aliphatic rings. The Hall–Kier alpha value is -2.10. The number of pyridine rings is 1. The summed E-state index contributed by atoms with van der Waals surface area (Å²) in [4.78, 5) is 12.4. The number of carbonyl (C=O) groups excluding carboxylic acids is 1. The Balaban J connectivity index is 2.11. The maximum Gasteiger partial charge on any atom is 0.225 e. The second kappa shape index (κ2) is 5.35. The zero-order valence-electron chi connectivity index (χ0n) is 10.7. The molecular formula is C16H9Cl2NO2. The van der Waals surface area contributed by atoms with Crippen molar-refractivity contribution < 1.29 is 9.52 Å². The van der Waals surface area contributed by atoms with Crippen LogP contribution in [0.4, 0.5) is 0 Å². The van der Waals surface area contributed by atoms with Crippen LogP contribution in [-0.2, 0) is 0 Å².